The van der Waals surface area contributed by atoms with Crippen molar-refractivity contribution in [1.29, 1.82) is 0 Å². The average molecular weight is 347 g/mol. The summed E-state index contributed by atoms with van der Waals surface area (Å²) in [4.78, 5) is 0. The summed E-state index contributed by atoms with van der Waals surface area (Å²) in [6.07, 6.45) is 0.911. The molecule has 0 aliphatic heterocycles. The number of benzene rings is 2. The van der Waals surface area contributed by atoms with Crippen molar-refractivity contribution >= 4 is 15.9 Å². The van der Waals surface area contributed by atoms with Crippen molar-refractivity contribution in [3.05, 3.63) is 70.2 Å². The van der Waals surface area contributed by atoms with Crippen molar-refractivity contribution in [3.63, 3.8) is 0 Å². The fraction of sp³-hybridized carbons (Fsp3) is 0.333. The van der Waals surface area contributed by atoms with Gasteiger partial charge in [0.2, 0.25) is 0 Å². The Hall–Kier alpha value is -1.16. The van der Waals surface area contributed by atoms with E-state index in [0.29, 0.717) is 6.54 Å². The molecule has 0 aliphatic rings. The zero-order chi connectivity index (χ0) is 15.3. The zero-order valence-electron chi connectivity index (χ0n) is 12.6. The van der Waals surface area contributed by atoms with Gasteiger partial charge in [0.25, 0.3) is 0 Å². The molecule has 112 valence electrons. The zero-order valence-corrected chi connectivity index (χ0v) is 14.2. The minimum Gasteiger partial charge on any atom is -0.329 e. The van der Waals surface area contributed by atoms with Crippen LogP contribution < -0.4 is 11.1 Å². The molecule has 0 saturated carbocycles. The monoisotopic (exact) mass is 346 g/mol. The lowest BCUT2D eigenvalue weighted by molar-refractivity contribution is 0.325. The van der Waals surface area contributed by atoms with Crippen molar-refractivity contribution in [2.75, 3.05) is 6.54 Å². The van der Waals surface area contributed by atoms with Crippen molar-refractivity contribution in [3.8, 4) is 0 Å². The molecule has 0 fully saturated rings. The first kappa shape index (κ1) is 16.2. The van der Waals surface area contributed by atoms with Crippen LogP contribution in [0.3, 0.4) is 0 Å². The molecule has 2 aromatic carbocycles. The number of rotatable bonds is 6. The summed E-state index contributed by atoms with van der Waals surface area (Å²) in [6.45, 7) is 4.97. The molecule has 0 heterocycles. The van der Waals surface area contributed by atoms with Crippen LogP contribution in [0.2, 0.25) is 0 Å². The van der Waals surface area contributed by atoms with Gasteiger partial charge in [0.05, 0.1) is 0 Å². The van der Waals surface area contributed by atoms with Gasteiger partial charge in [-0.1, -0.05) is 58.4 Å². The number of nitrogens with one attached hydrogen (secondary N) is 1. The van der Waals surface area contributed by atoms with E-state index in [1.54, 1.807) is 0 Å². The Morgan fingerprint density at radius 3 is 2.29 bits per heavy atom. The van der Waals surface area contributed by atoms with Crippen LogP contribution in [0.1, 0.15) is 31.0 Å². The van der Waals surface area contributed by atoms with E-state index in [-0.39, 0.29) is 11.6 Å². The molecule has 2 unspecified atom stereocenters. The minimum atomic E-state index is -0.122. The van der Waals surface area contributed by atoms with E-state index >= 15 is 0 Å². The maximum absolute atomic E-state index is 6.04. The van der Waals surface area contributed by atoms with Crippen molar-refractivity contribution in [1.82, 2.24) is 5.32 Å². The summed E-state index contributed by atoms with van der Waals surface area (Å²) >= 11 is 3.47. The first-order valence-corrected chi connectivity index (χ1v) is 8.09. The normalized spacial score (nSPS) is 15.4. The number of hydrogen-bond acceptors (Lipinski definition) is 2. The molecule has 0 aliphatic carbocycles. The summed E-state index contributed by atoms with van der Waals surface area (Å²) in [5.41, 5.74) is 8.49. The van der Waals surface area contributed by atoms with E-state index in [9.17, 15) is 0 Å². The fourth-order valence-corrected chi connectivity index (χ4v) is 2.85. The second-order valence-electron chi connectivity index (χ2n) is 5.84. The lowest BCUT2D eigenvalue weighted by atomic mass is 9.91. The largest absolute Gasteiger partial charge is 0.329 e. The van der Waals surface area contributed by atoms with Crippen LogP contribution in [0, 0.1) is 0 Å². The minimum absolute atomic E-state index is 0.122. The number of halogens is 1. The molecule has 2 aromatic rings. The lowest BCUT2D eigenvalue weighted by Crippen LogP contribution is -2.51. The van der Waals surface area contributed by atoms with Crippen LogP contribution in [0.15, 0.2) is 59.1 Å². The van der Waals surface area contributed by atoms with Gasteiger partial charge < -0.3 is 11.1 Å². The van der Waals surface area contributed by atoms with E-state index in [1.807, 2.05) is 6.07 Å². The smallest absolute Gasteiger partial charge is 0.0321 e. The highest BCUT2D eigenvalue weighted by Gasteiger charge is 2.25. The predicted octanol–water partition coefficient (Wildman–Crippen LogP) is 4.06. The first-order valence-electron chi connectivity index (χ1n) is 7.29. The molecule has 0 spiro atoms. The standard InChI is InChI=1S/C18H23BrN2/c1-14(16-6-4-3-5-7-16)21-18(2,13-20)12-15-8-10-17(19)11-9-15/h3-11,14,21H,12-13,20H2,1-2H3. The average Bonchev–Trinajstić information content (AvgIpc) is 2.50. The molecule has 2 rings (SSSR count). The Bertz CT molecular complexity index is 553. The molecular weight excluding hydrogens is 324 g/mol. The molecule has 0 radical (unpaired) electrons. The van der Waals surface area contributed by atoms with Crippen molar-refractivity contribution in [2.24, 2.45) is 5.73 Å². The Morgan fingerprint density at radius 2 is 1.71 bits per heavy atom. The molecule has 3 heteroatoms. The van der Waals surface area contributed by atoms with Crippen LogP contribution in [0.25, 0.3) is 0 Å². The van der Waals surface area contributed by atoms with Gasteiger partial charge in [-0.15, -0.1) is 0 Å². The van der Waals surface area contributed by atoms with Gasteiger partial charge >= 0.3 is 0 Å². The Balaban J connectivity index is 2.08. The number of nitrogens with two attached hydrogens (primary N) is 1. The van der Waals surface area contributed by atoms with Gasteiger partial charge in [0.15, 0.2) is 0 Å². The quantitative estimate of drug-likeness (QED) is 0.827. The summed E-state index contributed by atoms with van der Waals surface area (Å²) in [7, 11) is 0. The third-order valence-electron chi connectivity index (χ3n) is 3.82. The topological polar surface area (TPSA) is 38.0 Å². The highest BCUT2D eigenvalue weighted by atomic mass is 79.9. The Morgan fingerprint density at radius 1 is 1.10 bits per heavy atom. The van der Waals surface area contributed by atoms with Crippen LogP contribution in [0.4, 0.5) is 0 Å². The van der Waals surface area contributed by atoms with E-state index in [0.717, 1.165) is 10.9 Å². The molecule has 0 saturated heterocycles. The summed E-state index contributed by atoms with van der Waals surface area (Å²) < 4.78 is 1.10. The second-order valence-corrected chi connectivity index (χ2v) is 6.76. The molecule has 0 aromatic heterocycles. The maximum Gasteiger partial charge on any atom is 0.0321 e. The summed E-state index contributed by atoms with van der Waals surface area (Å²) in [6, 6.07) is 19.2. The Kier molecular flexibility index (Phi) is 5.57. The van der Waals surface area contributed by atoms with Crippen LogP contribution in [-0.2, 0) is 6.42 Å². The van der Waals surface area contributed by atoms with Crippen LogP contribution >= 0.6 is 15.9 Å². The van der Waals surface area contributed by atoms with Crippen LogP contribution in [0.5, 0.6) is 0 Å². The highest BCUT2D eigenvalue weighted by Crippen LogP contribution is 2.20. The molecule has 0 amide bonds. The second kappa shape index (κ2) is 7.21. The fourth-order valence-electron chi connectivity index (χ4n) is 2.58. The van der Waals surface area contributed by atoms with Crippen LogP contribution in [-0.4, -0.2) is 12.1 Å². The van der Waals surface area contributed by atoms with Crippen molar-refractivity contribution in [2.45, 2.75) is 31.8 Å². The molecular formula is C18H23BrN2. The summed E-state index contributed by atoms with van der Waals surface area (Å²) in [5, 5.41) is 3.69. The van der Waals surface area contributed by atoms with Gasteiger partial charge in [-0.2, -0.15) is 0 Å². The maximum atomic E-state index is 6.04. The molecule has 0 bridgehead atoms. The number of hydrogen-bond donors (Lipinski definition) is 2. The van der Waals surface area contributed by atoms with Gasteiger partial charge in [-0.25, -0.2) is 0 Å². The van der Waals surface area contributed by atoms with E-state index in [1.165, 1.54) is 11.1 Å². The Labute approximate surface area is 135 Å². The summed E-state index contributed by atoms with van der Waals surface area (Å²) in [5.74, 6) is 0. The lowest BCUT2D eigenvalue weighted by Gasteiger charge is -2.33. The van der Waals surface area contributed by atoms with Gasteiger partial charge in [0.1, 0.15) is 0 Å². The van der Waals surface area contributed by atoms with Crippen molar-refractivity contribution < 1.29 is 0 Å². The molecule has 2 atom stereocenters. The van der Waals surface area contributed by atoms with Gasteiger partial charge in [-0.05, 0) is 43.5 Å². The third-order valence-corrected chi connectivity index (χ3v) is 4.35. The molecule has 21 heavy (non-hydrogen) atoms. The van der Waals surface area contributed by atoms with Gasteiger partial charge in [0, 0.05) is 22.6 Å². The first-order chi connectivity index (χ1) is 10.0. The molecule has 2 nitrogen and oxygen atoms in total. The van der Waals surface area contributed by atoms with E-state index in [4.69, 9.17) is 5.73 Å². The highest BCUT2D eigenvalue weighted by molar-refractivity contribution is 9.10. The van der Waals surface area contributed by atoms with E-state index in [2.05, 4.69) is 83.6 Å². The SMILES string of the molecule is CC(NC(C)(CN)Cc1ccc(Br)cc1)c1ccccc1. The predicted molar refractivity (Wildman–Crippen MR) is 93.3 cm³/mol. The van der Waals surface area contributed by atoms with Gasteiger partial charge in [-0.3, -0.25) is 0 Å². The molecule has 3 N–H and O–H groups in total. The van der Waals surface area contributed by atoms with E-state index < -0.39 is 0 Å². The third kappa shape index (κ3) is 4.67.